The van der Waals surface area contributed by atoms with E-state index in [9.17, 15) is 5.11 Å². The van der Waals surface area contributed by atoms with E-state index in [4.69, 9.17) is 16.3 Å². The summed E-state index contributed by atoms with van der Waals surface area (Å²) in [6.07, 6.45) is 1.94. The maximum absolute atomic E-state index is 10.1. The molecule has 0 spiro atoms. The minimum atomic E-state index is 0.136. The first-order chi connectivity index (χ1) is 15.6. The van der Waals surface area contributed by atoms with Gasteiger partial charge in [-0.15, -0.1) is 0 Å². The molecule has 32 heavy (non-hydrogen) atoms. The van der Waals surface area contributed by atoms with Crippen LogP contribution in [0.5, 0.6) is 11.5 Å². The largest absolute Gasteiger partial charge is 0.508 e. The Balaban J connectivity index is 1.56. The smallest absolute Gasteiger partial charge is 0.118 e. The van der Waals surface area contributed by atoms with Crippen molar-refractivity contribution in [1.82, 2.24) is 5.32 Å². The van der Waals surface area contributed by atoms with Crippen molar-refractivity contribution in [2.45, 2.75) is 24.7 Å². The summed E-state index contributed by atoms with van der Waals surface area (Å²) in [6.45, 7) is 3.99. The molecule has 1 fully saturated rings. The van der Waals surface area contributed by atoms with E-state index in [1.807, 2.05) is 18.2 Å². The molecule has 1 aliphatic carbocycles. The van der Waals surface area contributed by atoms with Crippen molar-refractivity contribution in [2.75, 3.05) is 38.2 Å². The molecule has 0 unspecified atom stereocenters. The van der Waals surface area contributed by atoms with Gasteiger partial charge in [-0.3, -0.25) is 0 Å². The standard InChI is InChI=1S/C27H29ClN2O2/c1-32-22-7-2-18(3-8-22)23-9-4-19-16-21(31)6-11-24(19)27(23)25-10-5-20(17-26(25)28)30-14-12-29-13-15-30/h2-3,5-8,10-11,16-17,23,27,29,31H,4,9,12-15H2,1H3/t23-,27+/m1/s1. The number of ether oxygens (including phenoxy) is 1. The number of halogens is 1. The highest BCUT2D eigenvalue weighted by atomic mass is 35.5. The average molecular weight is 449 g/mol. The molecule has 3 aromatic carbocycles. The Hall–Kier alpha value is -2.69. The summed E-state index contributed by atoms with van der Waals surface area (Å²) in [5.41, 5.74) is 6.09. The Morgan fingerprint density at radius 2 is 1.72 bits per heavy atom. The van der Waals surface area contributed by atoms with Crippen molar-refractivity contribution in [3.63, 3.8) is 0 Å². The van der Waals surface area contributed by atoms with Gasteiger partial charge in [-0.25, -0.2) is 0 Å². The quantitative estimate of drug-likeness (QED) is 0.566. The SMILES string of the molecule is COc1ccc([C@H]2CCc3cc(O)ccc3[C@H]2c2ccc(N3CCNCC3)cc2Cl)cc1. The third-order valence-electron chi connectivity index (χ3n) is 6.93. The predicted octanol–water partition coefficient (Wildman–Crippen LogP) is 5.33. The van der Waals surface area contributed by atoms with Crippen LogP contribution in [0.25, 0.3) is 0 Å². The van der Waals surface area contributed by atoms with E-state index in [-0.39, 0.29) is 5.92 Å². The van der Waals surface area contributed by atoms with Gasteiger partial charge in [-0.05, 0) is 77.4 Å². The number of benzene rings is 3. The van der Waals surface area contributed by atoms with Crippen LogP contribution in [-0.2, 0) is 6.42 Å². The van der Waals surface area contributed by atoms with Gasteiger partial charge in [-0.1, -0.05) is 35.9 Å². The number of hydrogen-bond acceptors (Lipinski definition) is 4. The molecule has 4 nitrogen and oxygen atoms in total. The lowest BCUT2D eigenvalue weighted by molar-refractivity contribution is 0.414. The number of rotatable bonds is 4. The molecule has 2 aliphatic rings. The lowest BCUT2D eigenvalue weighted by atomic mass is 9.69. The van der Waals surface area contributed by atoms with Crippen LogP contribution in [-0.4, -0.2) is 38.4 Å². The molecule has 0 radical (unpaired) electrons. The van der Waals surface area contributed by atoms with Gasteiger partial charge in [0.15, 0.2) is 0 Å². The maximum atomic E-state index is 10.1. The van der Waals surface area contributed by atoms with E-state index in [2.05, 4.69) is 46.6 Å². The molecule has 0 bridgehead atoms. The fourth-order valence-corrected chi connectivity index (χ4v) is 5.58. The van der Waals surface area contributed by atoms with Crippen molar-refractivity contribution < 1.29 is 9.84 Å². The number of piperazine rings is 1. The van der Waals surface area contributed by atoms with Gasteiger partial charge in [0.1, 0.15) is 11.5 Å². The van der Waals surface area contributed by atoms with E-state index in [0.29, 0.717) is 11.7 Å². The topological polar surface area (TPSA) is 44.7 Å². The highest BCUT2D eigenvalue weighted by Gasteiger charge is 2.33. The minimum absolute atomic E-state index is 0.136. The zero-order valence-electron chi connectivity index (χ0n) is 18.4. The van der Waals surface area contributed by atoms with E-state index in [0.717, 1.165) is 55.4 Å². The number of anilines is 1. The van der Waals surface area contributed by atoms with Gasteiger partial charge in [0.2, 0.25) is 0 Å². The normalized spacial score (nSPS) is 20.6. The highest BCUT2D eigenvalue weighted by molar-refractivity contribution is 6.31. The molecule has 0 saturated carbocycles. The summed E-state index contributed by atoms with van der Waals surface area (Å²) in [7, 11) is 1.70. The number of phenols is 1. The number of aryl methyl sites for hydroxylation is 1. The van der Waals surface area contributed by atoms with E-state index in [1.54, 1.807) is 13.2 Å². The molecule has 0 aromatic heterocycles. The highest BCUT2D eigenvalue weighted by Crippen LogP contribution is 2.49. The summed E-state index contributed by atoms with van der Waals surface area (Å²) in [5, 5.41) is 14.3. The molecular weight excluding hydrogens is 420 g/mol. The van der Waals surface area contributed by atoms with Crippen molar-refractivity contribution in [3.8, 4) is 11.5 Å². The average Bonchev–Trinajstić information content (AvgIpc) is 2.84. The van der Waals surface area contributed by atoms with Crippen molar-refractivity contribution >= 4 is 17.3 Å². The molecule has 1 heterocycles. The molecule has 5 rings (SSSR count). The second kappa shape index (κ2) is 9.05. The molecule has 5 heteroatoms. The van der Waals surface area contributed by atoms with Crippen LogP contribution in [0.3, 0.4) is 0 Å². The van der Waals surface area contributed by atoms with E-state index >= 15 is 0 Å². The number of nitrogens with zero attached hydrogens (tertiary/aromatic N) is 1. The number of phenolic OH excluding ortho intramolecular Hbond substituents is 1. The molecule has 1 aliphatic heterocycles. The number of fused-ring (bicyclic) bond motifs is 1. The Morgan fingerprint density at radius 3 is 2.44 bits per heavy atom. The van der Waals surface area contributed by atoms with Crippen LogP contribution in [0.1, 0.15) is 40.5 Å². The van der Waals surface area contributed by atoms with Crippen LogP contribution in [0.15, 0.2) is 60.7 Å². The summed E-state index contributed by atoms with van der Waals surface area (Å²) in [4.78, 5) is 2.39. The molecule has 1 saturated heterocycles. The monoisotopic (exact) mass is 448 g/mol. The second-order valence-electron chi connectivity index (χ2n) is 8.72. The van der Waals surface area contributed by atoms with Crippen molar-refractivity contribution in [1.29, 1.82) is 0 Å². The van der Waals surface area contributed by atoms with Gasteiger partial charge in [0.25, 0.3) is 0 Å². The number of hydrogen-bond donors (Lipinski definition) is 2. The lowest BCUT2D eigenvalue weighted by Gasteiger charge is -2.36. The fourth-order valence-electron chi connectivity index (χ4n) is 5.29. The Kier molecular flexibility index (Phi) is 5.99. The number of aromatic hydroxyl groups is 1. The summed E-state index contributed by atoms with van der Waals surface area (Å²) in [6, 6.07) is 20.8. The maximum Gasteiger partial charge on any atom is 0.118 e. The molecule has 166 valence electrons. The van der Waals surface area contributed by atoms with E-state index < -0.39 is 0 Å². The van der Waals surface area contributed by atoms with Gasteiger partial charge in [0.05, 0.1) is 7.11 Å². The lowest BCUT2D eigenvalue weighted by Crippen LogP contribution is -2.43. The van der Waals surface area contributed by atoms with Crippen LogP contribution < -0.4 is 15.0 Å². The first kappa shape index (κ1) is 21.2. The predicted molar refractivity (Wildman–Crippen MR) is 131 cm³/mol. The van der Waals surface area contributed by atoms with Gasteiger partial charge in [0, 0.05) is 42.8 Å². The summed E-state index contributed by atoms with van der Waals surface area (Å²) in [5.74, 6) is 1.63. The third kappa shape index (κ3) is 4.05. The Labute approximate surface area is 194 Å². The summed E-state index contributed by atoms with van der Waals surface area (Å²) < 4.78 is 5.37. The zero-order chi connectivity index (χ0) is 22.1. The van der Waals surface area contributed by atoms with Gasteiger partial charge < -0.3 is 20.1 Å². The van der Waals surface area contributed by atoms with Gasteiger partial charge in [-0.2, -0.15) is 0 Å². The molecule has 0 amide bonds. The van der Waals surface area contributed by atoms with Crippen molar-refractivity contribution in [2.24, 2.45) is 0 Å². The Morgan fingerprint density at radius 1 is 0.969 bits per heavy atom. The van der Waals surface area contributed by atoms with Crippen LogP contribution in [0.4, 0.5) is 5.69 Å². The second-order valence-corrected chi connectivity index (χ2v) is 9.13. The van der Waals surface area contributed by atoms with Gasteiger partial charge >= 0.3 is 0 Å². The van der Waals surface area contributed by atoms with Crippen LogP contribution in [0, 0.1) is 0 Å². The summed E-state index contributed by atoms with van der Waals surface area (Å²) >= 11 is 6.97. The number of methoxy groups -OCH3 is 1. The van der Waals surface area contributed by atoms with Crippen LogP contribution in [0.2, 0.25) is 5.02 Å². The van der Waals surface area contributed by atoms with Crippen molar-refractivity contribution in [3.05, 3.63) is 87.9 Å². The molecule has 2 atom stereocenters. The minimum Gasteiger partial charge on any atom is -0.508 e. The molecular formula is C27H29ClN2O2. The van der Waals surface area contributed by atoms with E-state index in [1.165, 1.54) is 22.4 Å². The fraction of sp³-hybridized carbons (Fsp3) is 0.333. The first-order valence-electron chi connectivity index (χ1n) is 11.3. The Bertz CT molecular complexity index is 1090. The zero-order valence-corrected chi connectivity index (χ0v) is 19.1. The molecule has 3 aromatic rings. The first-order valence-corrected chi connectivity index (χ1v) is 11.7. The van der Waals surface area contributed by atoms with Crippen LogP contribution >= 0.6 is 11.6 Å². The number of nitrogens with one attached hydrogen (secondary N) is 1. The third-order valence-corrected chi connectivity index (χ3v) is 7.26. The molecule has 2 N–H and O–H groups in total.